The number of carbonyl (C=O) groups excluding carboxylic acids is 2. The van der Waals surface area contributed by atoms with Crippen molar-refractivity contribution in [3.8, 4) is 0 Å². The summed E-state index contributed by atoms with van der Waals surface area (Å²) in [5, 5.41) is 8.33. The molecule has 7 nitrogen and oxygen atoms in total. The van der Waals surface area contributed by atoms with Gasteiger partial charge in [-0.05, 0) is 44.6 Å². The molecule has 0 spiro atoms. The number of nitrogens with zero attached hydrogens (tertiary/aromatic N) is 4. The van der Waals surface area contributed by atoms with Crippen molar-refractivity contribution in [2.24, 2.45) is 13.0 Å². The Balaban J connectivity index is 1.66. The highest BCUT2D eigenvalue weighted by Crippen LogP contribution is 2.43. The molecule has 0 aromatic carbocycles. The van der Waals surface area contributed by atoms with E-state index in [2.05, 4.69) is 5.32 Å². The Kier molecular flexibility index (Phi) is 3.74. The summed E-state index contributed by atoms with van der Waals surface area (Å²) in [6.45, 7) is 0.779. The molecule has 1 saturated heterocycles. The minimum absolute atomic E-state index is 0.0567. The molecule has 2 aliphatic carbocycles. The molecule has 2 amide bonds. The number of aryl methyl sites for hydroxylation is 1. The fraction of sp³-hybridized carbons (Fsp3) is 0.600. The number of rotatable bonds is 4. The highest BCUT2D eigenvalue weighted by molar-refractivity contribution is 6.06. The van der Waals surface area contributed by atoms with Gasteiger partial charge in [-0.2, -0.15) is 5.10 Å². The van der Waals surface area contributed by atoms with Crippen molar-refractivity contribution >= 4 is 22.8 Å². The second kappa shape index (κ2) is 6.04. The average Bonchev–Trinajstić information content (AvgIpc) is 3.60. The summed E-state index contributed by atoms with van der Waals surface area (Å²) in [5.41, 5.74) is 3.19. The maximum Gasteiger partial charge on any atom is 0.251 e. The molecule has 3 fully saturated rings. The van der Waals surface area contributed by atoms with Crippen molar-refractivity contribution in [2.75, 3.05) is 13.6 Å². The Morgan fingerprint density at radius 3 is 2.63 bits per heavy atom. The monoisotopic (exact) mass is 367 g/mol. The molecule has 3 heterocycles. The Hall–Kier alpha value is -2.44. The molecular weight excluding hydrogens is 342 g/mol. The van der Waals surface area contributed by atoms with E-state index >= 15 is 0 Å². The lowest BCUT2D eigenvalue weighted by atomic mass is 10.0. The molecular formula is C20H25N5O2. The molecule has 2 saturated carbocycles. The highest BCUT2D eigenvalue weighted by atomic mass is 16.2. The highest BCUT2D eigenvalue weighted by Gasteiger charge is 2.41. The predicted molar refractivity (Wildman–Crippen MR) is 100 cm³/mol. The molecule has 5 rings (SSSR count). The minimum atomic E-state index is -0.114. The van der Waals surface area contributed by atoms with Gasteiger partial charge in [0.2, 0.25) is 5.91 Å². The number of nitrogens with one attached hydrogen (secondary N) is 1. The fourth-order valence-corrected chi connectivity index (χ4v) is 4.31. The lowest BCUT2D eigenvalue weighted by Crippen LogP contribution is -2.32. The molecule has 7 heteroatoms. The van der Waals surface area contributed by atoms with Gasteiger partial charge in [0.1, 0.15) is 0 Å². The predicted octanol–water partition coefficient (Wildman–Crippen LogP) is 2.28. The van der Waals surface area contributed by atoms with Crippen LogP contribution in [0.3, 0.4) is 0 Å². The van der Waals surface area contributed by atoms with Crippen molar-refractivity contribution < 1.29 is 9.59 Å². The van der Waals surface area contributed by atoms with Crippen LogP contribution in [0.2, 0.25) is 0 Å². The first-order valence-electron chi connectivity index (χ1n) is 9.98. The summed E-state index contributed by atoms with van der Waals surface area (Å²) < 4.78 is 1.78. The van der Waals surface area contributed by atoms with Crippen LogP contribution in [0.15, 0.2) is 6.07 Å². The van der Waals surface area contributed by atoms with E-state index in [0.717, 1.165) is 67.5 Å². The van der Waals surface area contributed by atoms with Crippen LogP contribution in [0.4, 0.5) is 0 Å². The normalized spacial score (nSPS) is 22.4. The quantitative estimate of drug-likeness (QED) is 0.899. The van der Waals surface area contributed by atoms with Gasteiger partial charge in [-0.3, -0.25) is 14.3 Å². The van der Waals surface area contributed by atoms with Crippen LogP contribution < -0.4 is 5.32 Å². The lowest BCUT2D eigenvalue weighted by molar-refractivity contribution is -0.133. The third-order valence-corrected chi connectivity index (χ3v) is 6.09. The number of pyridine rings is 1. The largest absolute Gasteiger partial charge is 0.355 e. The summed E-state index contributed by atoms with van der Waals surface area (Å²) in [6.07, 6.45) is 6.12. The summed E-state index contributed by atoms with van der Waals surface area (Å²) in [6, 6.07) is 1.88. The molecule has 0 radical (unpaired) electrons. The zero-order chi connectivity index (χ0) is 18.7. The first-order valence-corrected chi connectivity index (χ1v) is 9.98. The average molecular weight is 367 g/mol. The lowest BCUT2D eigenvalue weighted by Gasteiger charge is -2.24. The molecule has 1 N–H and O–H groups in total. The van der Waals surface area contributed by atoms with Gasteiger partial charge in [-0.25, -0.2) is 4.98 Å². The van der Waals surface area contributed by atoms with Gasteiger partial charge in [0, 0.05) is 38.2 Å². The molecule has 1 atom stereocenters. The van der Waals surface area contributed by atoms with Crippen LogP contribution in [0.5, 0.6) is 0 Å². The maximum atomic E-state index is 12.8. The zero-order valence-electron chi connectivity index (χ0n) is 15.9. The number of carbonyl (C=O) groups is 2. The molecule has 1 aliphatic heterocycles. The van der Waals surface area contributed by atoms with Crippen LogP contribution in [0.1, 0.15) is 72.2 Å². The molecule has 142 valence electrons. The van der Waals surface area contributed by atoms with Gasteiger partial charge < -0.3 is 10.2 Å². The second-order valence-electron chi connectivity index (χ2n) is 8.12. The van der Waals surface area contributed by atoms with E-state index < -0.39 is 0 Å². The van der Waals surface area contributed by atoms with Crippen LogP contribution in [0.25, 0.3) is 11.0 Å². The standard InChI is InChI=1S/C20H25N5O2/c1-21-19(26)13-10-14(11-5-6-11)22-18-16(13)17(23-24(18)2)15-4-3-9-25(15)20(27)12-7-8-12/h10-12,15H,3-9H2,1-2H3,(H,21,26). The van der Waals surface area contributed by atoms with Crippen LogP contribution >= 0.6 is 0 Å². The van der Waals surface area contributed by atoms with E-state index in [9.17, 15) is 9.59 Å². The van der Waals surface area contributed by atoms with Crippen molar-refractivity contribution in [2.45, 2.75) is 50.5 Å². The Bertz CT molecular complexity index is 941. The number of fused-ring (bicyclic) bond motifs is 1. The van der Waals surface area contributed by atoms with Crippen molar-refractivity contribution in [1.82, 2.24) is 25.0 Å². The molecule has 2 aromatic rings. The third kappa shape index (κ3) is 2.71. The topological polar surface area (TPSA) is 80.1 Å². The van der Waals surface area contributed by atoms with Gasteiger partial charge in [-0.1, -0.05) is 0 Å². The second-order valence-corrected chi connectivity index (χ2v) is 8.12. The molecule has 27 heavy (non-hydrogen) atoms. The molecule has 2 aromatic heterocycles. The van der Waals surface area contributed by atoms with Crippen LogP contribution in [-0.4, -0.2) is 45.1 Å². The van der Waals surface area contributed by atoms with E-state index in [1.807, 2.05) is 18.0 Å². The maximum absolute atomic E-state index is 12.8. The minimum Gasteiger partial charge on any atom is -0.355 e. The number of likely N-dealkylation sites (tertiary alicyclic amines) is 1. The number of amides is 2. The van der Waals surface area contributed by atoms with Crippen molar-refractivity contribution in [3.63, 3.8) is 0 Å². The first-order chi connectivity index (χ1) is 13.1. The number of aromatic nitrogens is 3. The van der Waals surface area contributed by atoms with E-state index in [0.29, 0.717) is 11.5 Å². The van der Waals surface area contributed by atoms with Gasteiger partial charge in [-0.15, -0.1) is 0 Å². The van der Waals surface area contributed by atoms with Gasteiger partial charge in [0.05, 0.1) is 22.7 Å². The summed E-state index contributed by atoms with van der Waals surface area (Å²) in [7, 11) is 3.53. The first kappa shape index (κ1) is 16.7. The third-order valence-electron chi connectivity index (χ3n) is 6.09. The SMILES string of the molecule is CNC(=O)c1cc(C2CC2)nc2c1c(C1CCCN1C(=O)C1CC1)nn2C. The van der Waals surface area contributed by atoms with Crippen LogP contribution in [0, 0.1) is 5.92 Å². The fourth-order valence-electron chi connectivity index (χ4n) is 4.31. The Labute approximate surface area is 158 Å². The smallest absolute Gasteiger partial charge is 0.251 e. The van der Waals surface area contributed by atoms with Gasteiger partial charge in [0.15, 0.2) is 5.65 Å². The van der Waals surface area contributed by atoms with E-state index in [-0.39, 0.29) is 23.8 Å². The molecule has 0 bridgehead atoms. The van der Waals surface area contributed by atoms with Crippen LogP contribution in [-0.2, 0) is 11.8 Å². The van der Waals surface area contributed by atoms with Gasteiger partial charge >= 0.3 is 0 Å². The Morgan fingerprint density at radius 2 is 1.96 bits per heavy atom. The van der Waals surface area contributed by atoms with E-state index in [1.165, 1.54) is 0 Å². The zero-order valence-corrected chi connectivity index (χ0v) is 15.9. The molecule has 3 aliphatic rings. The number of hydrogen-bond donors (Lipinski definition) is 1. The summed E-state index contributed by atoms with van der Waals surface area (Å²) in [5.74, 6) is 0.783. The number of hydrogen-bond acceptors (Lipinski definition) is 4. The van der Waals surface area contributed by atoms with Gasteiger partial charge in [0.25, 0.3) is 5.91 Å². The van der Waals surface area contributed by atoms with E-state index in [4.69, 9.17) is 10.1 Å². The molecule has 1 unspecified atom stereocenters. The van der Waals surface area contributed by atoms with Crippen molar-refractivity contribution in [3.05, 3.63) is 23.0 Å². The Morgan fingerprint density at radius 1 is 1.19 bits per heavy atom. The summed E-state index contributed by atoms with van der Waals surface area (Å²) in [4.78, 5) is 32.3. The van der Waals surface area contributed by atoms with Crippen molar-refractivity contribution in [1.29, 1.82) is 0 Å². The van der Waals surface area contributed by atoms with E-state index in [1.54, 1.807) is 11.7 Å². The summed E-state index contributed by atoms with van der Waals surface area (Å²) >= 11 is 0.